The SMILES string of the molecule is [B]CC(=O)c1ccc(CC)cn1. The van der Waals surface area contributed by atoms with Gasteiger partial charge in [0.15, 0.2) is 5.78 Å². The molecule has 1 rings (SSSR count). The molecule has 2 radical (unpaired) electrons. The number of carbonyl (C=O) groups excluding carboxylic acids is 1. The van der Waals surface area contributed by atoms with E-state index < -0.39 is 0 Å². The van der Waals surface area contributed by atoms with Crippen molar-refractivity contribution < 1.29 is 4.79 Å². The second kappa shape index (κ2) is 4.05. The highest BCUT2D eigenvalue weighted by atomic mass is 16.1. The molecule has 0 bridgehead atoms. The fourth-order valence-electron chi connectivity index (χ4n) is 0.903. The first-order valence-corrected chi connectivity index (χ1v) is 3.96. The van der Waals surface area contributed by atoms with E-state index >= 15 is 0 Å². The molecule has 1 aromatic rings. The zero-order chi connectivity index (χ0) is 8.97. The minimum atomic E-state index is -0.113. The Morgan fingerprint density at radius 3 is 2.75 bits per heavy atom. The van der Waals surface area contributed by atoms with Gasteiger partial charge >= 0.3 is 0 Å². The summed E-state index contributed by atoms with van der Waals surface area (Å²) in [7, 11) is 5.19. The molecule has 0 spiro atoms. The normalized spacial score (nSPS) is 9.75. The fourth-order valence-corrected chi connectivity index (χ4v) is 0.903. The van der Waals surface area contributed by atoms with E-state index in [9.17, 15) is 4.79 Å². The average molecular weight is 159 g/mol. The molecule has 60 valence electrons. The average Bonchev–Trinajstić information content (AvgIpc) is 2.17. The summed E-state index contributed by atoms with van der Waals surface area (Å²) < 4.78 is 0. The topological polar surface area (TPSA) is 30.0 Å². The van der Waals surface area contributed by atoms with E-state index in [1.165, 1.54) is 0 Å². The molecule has 0 amide bonds. The third-order valence-electron chi connectivity index (χ3n) is 1.70. The van der Waals surface area contributed by atoms with E-state index in [1.807, 2.05) is 13.0 Å². The number of hydrogen-bond acceptors (Lipinski definition) is 2. The number of Topliss-reactive ketones (excluding diaryl/α,β-unsaturated/α-hetero) is 1. The lowest BCUT2D eigenvalue weighted by Crippen LogP contribution is -2.00. The smallest absolute Gasteiger partial charge is 0.172 e. The number of pyridine rings is 1. The lowest BCUT2D eigenvalue weighted by atomic mass is 9.98. The van der Waals surface area contributed by atoms with Crippen molar-refractivity contribution in [2.75, 3.05) is 0 Å². The van der Waals surface area contributed by atoms with E-state index in [-0.39, 0.29) is 12.1 Å². The third kappa shape index (κ3) is 1.94. The van der Waals surface area contributed by atoms with Crippen molar-refractivity contribution in [1.82, 2.24) is 4.98 Å². The van der Waals surface area contributed by atoms with Crippen LogP contribution in [-0.4, -0.2) is 18.6 Å². The highest BCUT2D eigenvalue weighted by Gasteiger charge is 2.02. The molecule has 1 aromatic heterocycles. The Bertz CT molecular complexity index is 268. The Morgan fingerprint density at radius 2 is 2.33 bits per heavy atom. The van der Waals surface area contributed by atoms with Crippen molar-refractivity contribution in [2.45, 2.75) is 19.7 Å². The van der Waals surface area contributed by atoms with Gasteiger partial charge < -0.3 is 0 Å². The Labute approximate surface area is 73.4 Å². The van der Waals surface area contributed by atoms with Gasteiger partial charge in [0.2, 0.25) is 0 Å². The Morgan fingerprint density at radius 1 is 1.58 bits per heavy atom. The van der Waals surface area contributed by atoms with Gasteiger partial charge in [0.25, 0.3) is 0 Å². The molecular weight excluding hydrogens is 149 g/mol. The number of aromatic nitrogens is 1. The predicted molar refractivity (Wildman–Crippen MR) is 48.5 cm³/mol. The van der Waals surface area contributed by atoms with Crippen LogP contribution in [0.2, 0.25) is 6.32 Å². The lowest BCUT2D eigenvalue weighted by Gasteiger charge is -1.98. The van der Waals surface area contributed by atoms with Crippen LogP contribution in [-0.2, 0) is 6.42 Å². The summed E-state index contributed by atoms with van der Waals surface area (Å²) in [5.41, 5.74) is 1.58. The molecule has 1 heterocycles. The van der Waals surface area contributed by atoms with Crippen molar-refractivity contribution in [1.29, 1.82) is 0 Å². The van der Waals surface area contributed by atoms with E-state index in [2.05, 4.69) is 4.98 Å². The number of ketones is 1. The van der Waals surface area contributed by atoms with Crippen LogP contribution >= 0.6 is 0 Å². The van der Waals surface area contributed by atoms with Gasteiger partial charge in [-0.15, -0.1) is 0 Å². The summed E-state index contributed by atoms with van der Waals surface area (Å²) in [5, 5.41) is 0. The summed E-state index contributed by atoms with van der Waals surface area (Å²) in [6.45, 7) is 2.04. The zero-order valence-corrected chi connectivity index (χ0v) is 7.08. The molecule has 0 unspecified atom stereocenters. The maximum absolute atomic E-state index is 11.0. The quantitative estimate of drug-likeness (QED) is 0.493. The second-order valence-electron chi connectivity index (χ2n) is 2.53. The molecule has 0 atom stereocenters. The van der Waals surface area contributed by atoms with Crippen LogP contribution in [0.15, 0.2) is 18.3 Å². The third-order valence-corrected chi connectivity index (χ3v) is 1.70. The van der Waals surface area contributed by atoms with Crippen LogP contribution < -0.4 is 0 Å². The zero-order valence-electron chi connectivity index (χ0n) is 7.08. The van der Waals surface area contributed by atoms with Crippen molar-refractivity contribution in [3.63, 3.8) is 0 Å². The number of aryl methyl sites for hydroxylation is 1. The van der Waals surface area contributed by atoms with Gasteiger partial charge in [0, 0.05) is 6.20 Å². The van der Waals surface area contributed by atoms with Gasteiger partial charge in [-0.25, -0.2) is 0 Å². The van der Waals surface area contributed by atoms with E-state index in [0.717, 1.165) is 12.0 Å². The standard InChI is InChI=1S/C9H10BNO/c1-2-7-3-4-8(11-6-7)9(12)5-10/h3-4,6H,2,5H2,1H3. The van der Waals surface area contributed by atoms with Gasteiger partial charge in [-0.05, 0) is 24.4 Å². The molecule has 12 heavy (non-hydrogen) atoms. The number of carbonyl (C=O) groups is 1. The minimum absolute atomic E-state index is 0.0263. The van der Waals surface area contributed by atoms with Crippen LogP contribution in [0.1, 0.15) is 23.0 Å². The number of nitrogens with zero attached hydrogens (tertiary/aromatic N) is 1. The maximum atomic E-state index is 11.0. The fraction of sp³-hybridized carbons (Fsp3) is 0.333. The van der Waals surface area contributed by atoms with Gasteiger partial charge in [-0.2, -0.15) is 0 Å². The molecule has 0 N–H and O–H groups in total. The van der Waals surface area contributed by atoms with Crippen LogP contribution in [0.25, 0.3) is 0 Å². The number of hydrogen-bond donors (Lipinski definition) is 0. The molecule has 0 saturated heterocycles. The highest BCUT2D eigenvalue weighted by molar-refractivity contribution is 6.23. The molecular formula is C9H10BNO. The van der Waals surface area contributed by atoms with E-state index in [1.54, 1.807) is 12.3 Å². The summed E-state index contributed by atoms with van der Waals surface area (Å²) in [4.78, 5) is 15.0. The van der Waals surface area contributed by atoms with Crippen molar-refractivity contribution >= 4 is 13.6 Å². The minimum Gasteiger partial charge on any atom is -0.293 e. The summed E-state index contributed by atoms with van der Waals surface area (Å²) in [6.07, 6.45) is 2.67. The van der Waals surface area contributed by atoms with Crippen molar-refractivity contribution in [2.24, 2.45) is 0 Å². The van der Waals surface area contributed by atoms with E-state index in [0.29, 0.717) is 5.69 Å². The molecule has 0 aliphatic heterocycles. The van der Waals surface area contributed by atoms with E-state index in [4.69, 9.17) is 7.85 Å². The Balaban J connectivity index is 2.84. The number of rotatable bonds is 3. The summed E-state index contributed by atoms with van der Waals surface area (Å²) in [5.74, 6) is -0.113. The molecule has 0 aromatic carbocycles. The highest BCUT2D eigenvalue weighted by Crippen LogP contribution is 2.02. The summed E-state index contributed by atoms with van der Waals surface area (Å²) >= 11 is 0. The van der Waals surface area contributed by atoms with Crippen molar-refractivity contribution in [3.05, 3.63) is 29.6 Å². The van der Waals surface area contributed by atoms with Gasteiger partial charge in [0.05, 0.1) is 7.85 Å². The van der Waals surface area contributed by atoms with Crippen LogP contribution in [0.3, 0.4) is 0 Å². The van der Waals surface area contributed by atoms with Crippen LogP contribution in [0, 0.1) is 0 Å². The summed E-state index contributed by atoms with van der Waals surface area (Å²) in [6, 6.07) is 3.62. The van der Waals surface area contributed by atoms with Gasteiger partial charge in [-0.1, -0.05) is 13.0 Å². The monoisotopic (exact) mass is 159 g/mol. The van der Waals surface area contributed by atoms with Crippen molar-refractivity contribution in [3.8, 4) is 0 Å². The maximum Gasteiger partial charge on any atom is 0.172 e. The first-order valence-electron chi connectivity index (χ1n) is 3.96. The lowest BCUT2D eigenvalue weighted by molar-refractivity contribution is 0.101. The molecule has 0 aliphatic carbocycles. The molecule has 0 aliphatic rings. The largest absolute Gasteiger partial charge is 0.293 e. The molecule has 0 saturated carbocycles. The molecule has 3 heteroatoms. The predicted octanol–water partition coefficient (Wildman–Crippen LogP) is 1.41. The molecule has 0 fully saturated rings. The first-order chi connectivity index (χ1) is 5.77. The van der Waals surface area contributed by atoms with Crippen LogP contribution in [0.4, 0.5) is 0 Å². The van der Waals surface area contributed by atoms with Gasteiger partial charge in [0.1, 0.15) is 5.69 Å². The first kappa shape index (κ1) is 8.98. The Kier molecular flexibility index (Phi) is 3.03. The van der Waals surface area contributed by atoms with Gasteiger partial charge in [-0.3, -0.25) is 9.78 Å². The van der Waals surface area contributed by atoms with Crippen LogP contribution in [0.5, 0.6) is 0 Å². The Hall–Kier alpha value is -1.12. The second-order valence-corrected chi connectivity index (χ2v) is 2.53. The molecule has 2 nitrogen and oxygen atoms in total.